The molecule has 1 aromatic carbocycles. The fourth-order valence-corrected chi connectivity index (χ4v) is 6.60. The number of rotatable bonds is 3. The van der Waals surface area contributed by atoms with Crippen molar-refractivity contribution in [1.29, 1.82) is 0 Å². The summed E-state index contributed by atoms with van der Waals surface area (Å²) >= 11 is 6.15. The Kier molecular flexibility index (Phi) is 5.56. The largest absolute Gasteiger partial charge is 0.461 e. The molecule has 6 heteroatoms. The third kappa shape index (κ3) is 3.59. The summed E-state index contributed by atoms with van der Waals surface area (Å²) in [5.41, 5.74) is 2.20. The van der Waals surface area contributed by atoms with Gasteiger partial charge in [-0.15, -0.1) is 0 Å². The molecule has 5 rings (SSSR count). The molecule has 2 aliphatic carbocycles. The highest BCUT2D eigenvalue weighted by molar-refractivity contribution is 6.30. The van der Waals surface area contributed by atoms with Crippen LogP contribution in [-0.4, -0.2) is 60.9 Å². The Morgan fingerprint density at radius 1 is 1.26 bits per heavy atom. The van der Waals surface area contributed by atoms with E-state index < -0.39 is 6.10 Å². The lowest BCUT2D eigenvalue weighted by atomic mass is 9.55. The van der Waals surface area contributed by atoms with Gasteiger partial charge in [0.1, 0.15) is 6.10 Å². The zero-order valence-corrected chi connectivity index (χ0v) is 19.2. The summed E-state index contributed by atoms with van der Waals surface area (Å²) in [6.45, 7) is 8.71. The van der Waals surface area contributed by atoms with Crippen molar-refractivity contribution in [2.45, 2.75) is 45.3 Å². The van der Waals surface area contributed by atoms with Crippen molar-refractivity contribution in [3.05, 3.63) is 40.9 Å². The number of esters is 1. The number of piperazine rings is 1. The van der Waals surface area contributed by atoms with E-state index in [0.29, 0.717) is 12.5 Å². The Hall–Kier alpha value is -1.56. The van der Waals surface area contributed by atoms with E-state index in [2.05, 4.69) is 35.8 Å². The minimum atomic E-state index is -0.531. The molecule has 0 bridgehead atoms. The molecule has 0 amide bonds. The number of aliphatic hydroxyl groups excluding tert-OH is 1. The van der Waals surface area contributed by atoms with Crippen LogP contribution in [0.5, 0.6) is 0 Å². The van der Waals surface area contributed by atoms with Crippen molar-refractivity contribution < 1.29 is 14.6 Å². The average Bonchev–Trinajstić information content (AvgIpc) is 3.06. The third-order valence-electron chi connectivity index (χ3n) is 8.57. The quantitative estimate of drug-likeness (QED) is 0.568. The minimum Gasteiger partial charge on any atom is -0.461 e. The highest BCUT2D eigenvalue weighted by atomic mass is 35.5. The Morgan fingerprint density at radius 2 is 2.03 bits per heavy atom. The Labute approximate surface area is 190 Å². The number of fused-ring (bicyclic) bond motifs is 2. The number of aliphatic hydroxyl groups is 1. The molecule has 2 saturated heterocycles. The highest BCUT2D eigenvalue weighted by Gasteiger charge is 2.59. The van der Waals surface area contributed by atoms with Crippen LogP contribution in [0.2, 0.25) is 5.02 Å². The second kappa shape index (κ2) is 8.09. The zero-order valence-electron chi connectivity index (χ0n) is 18.5. The number of hydrogen-bond donors (Lipinski definition) is 1. The number of benzene rings is 1. The Bertz CT molecular complexity index is 881. The second-order valence-corrected chi connectivity index (χ2v) is 10.5. The molecule has 2 heterocycles. The smallest absolute Gasteiger partial charge is 0.311 e. The van der Waals surface area contributed by atoms with Gasteiger partial charge in [0.2, 0.25) is 0 Å². The van der Waals surface area contributed by atoms with Gasteiger partial charge in [0.05, 0.1) is 12.0 Å². The fraction of sp³-hybridized carbons (Fsp3) is 0.640. The summed E-state index contributed by atoms with van der Waals surface area (Å²) in [5, 5.41) is 12.3. The summed E-state index contributed by atoms with van der Waals surface area (Å²) < 4.78 is 5.83. The number of anilines is 1. The van der Waals surface area contributed by atoms with Crippen LogP contribution in [0.1, 0.15) is 33.1 Å². The summed E-state index contributed by atoms with van der Waals surface area (Å²) in [7, 11) is 0. The standard InChI is InChI=1S/C25H33ClN2O3/c1-16-5-3-6-17-13-21-22(23(29)25(16,17)2)20(24(30)31-21)15-27-9-11-28(12-10-27)19-8-4-7-18(26)14-19/h4,6-8,14,16,20-23,29H,3,5,9-13,15H2,1-2H3/t16-,20+,21-,22-,23-,25-/m1/s1. The molecule has 1 saturated carbocycles. The van der Waals surface area contributed by atoms with Gasteiger partial charge in [-0.3, -0.25) is 9.69 Å². The Morgan fingerprint density at radius 3 is 2.77 bits per heavy atom. The molecule has 0 radical (unpaired) electrons. The molecule has 0 unspecified atom stereocenters. The first-order chi connectivity index (χ1) is 14.9. The van der Waals surface area contributed by atoms with Crippen LogP contribution in [0.3, 0.4) is 0 Å². The second-order valence-electron chi connectivity index (χ2n) is 10.1. The number of hydrogen-bond acceptors (Lipinski definition) is 5. The van der Waals surface area contributed by atoms with Crippen molar-refractivity contribution in [3.8, 4) is 0 Å². The van der Waals surface area contributed by atoms with E-state index in [9.17, 15) is 9.90 Å². The van der Waals surface area contributed by atoms with Gasteiger partial charge in [-0.1, -0.05) is 43.2 Å². The number of allylic oxidation sites excluding steroid dienone is 1. The van der Waals surface area contributed by atoms with Crippen molar-refractivity contribution >= 4 is 23.3 Å². The minimum absolute atomic E-state index is 0.110. The highest BCUT2D eigenvalue weighted by Crippen LogP contribution is 2.56. The van der Waals surface area contributed by atoms with E-state index in [-0.39, 0.29) is 29.3 Å². The molecule has 0 spiro atoms. The van der Waals surface area contributed by atoms with Crippen LogP contribution in [0, 0.1) is 23.2 Å². The van der Waals surface area contributed by atoms with Gasteiger partial charge >= 0.3 is 5.97 Å². The fourth-order valence-electron chi connectivity index (χ4n) is 6.41. The maximum atomic E-state index is 12.9. The van der Waals surface area contributed by atoms with Crippen molar-refractivity contribution in [3.63, 3.8) is 0 Å². The van der Waals surface area contributed by atoms with Crippen LogP contribution in [-0.2, 0) is 9.53 Å². The third-order valence-corrected chi connectivity index (χ3v) is 8.81. The molecule has 3 fully saturated rings. The van der Waals surface area contributed by atoms with E-state index in [1.807, 2.05) is 18.2 Å². The van der Waals surface area contributed by atoms with Crippen molar-refractivity contribution in [2.24, 2.45) is 23.2 Å². The van der Waals surface area contributed by atoms with Gasteiger partial charge in [0, 0.05) is 61.2 Å². The summed E-state index contributed by atoms with van der Waals surface area (Å²) in [4.78, 5) is 17.6. The van der Waals surface area contributed by atoms with E-state index in [1.165, 1.54) is 5.57 Å². The predicted octanol–water partition coefficient (Wildman–Crippen LogP) is 3.75. The molecule has 2 aliphatic heterocycles. The van der Waals surface area contributed by atoms with Crippen LogP contribution < -0.4 is 4.90 Å². The van der Waals surface area contributed by atoms with Crippen molar-refractivity contribution in [2.75, 3.05) is 37.6 Å². The summed E-state index contributed by atoms with van der Waals surface area (Å²) in [6.07, 6.45) is 4.52. The van der Waals surface area contributed by atoms with E-state index >= 15 is 0 Å². The van der Waals surface area contributed by atoms with Crippen LogP contribution in [0.25, 0.3) is 0 Å². The molecule has 168 valence electrons. The molecule has 31 heavy (non-hydrogen) atoms. The summed E-state index contributed by atoms with van der Waals surface area (Å²) in [5.74, 6) is -0.0609. The first kappa shape index (κ1) is 21.3. The maximum absolute atomic E-state index is 12.9. The number of ether oxygens (including phenoxy) is 1. The summed E-state index contributed by atoms with van der Waals surface area (Å²) in [6, 6.07) is 7.98. The lowest BCUT2D eigenvalue weighted by Crippen LogP contribution is -2.55. The van der Waals surface area contributed by atoms with E-state index in [0.717, 1.165) is 56.2 Å². The number of halogens is 1. The van der Waals surface area contributed by atoms with E-state index in [4.69, 9.17) is 16.3 Å². The number of carbonyl (C=O) groups excluding carboxylic acids is 1. The molecule has 1 aromatic rings. The number of nitrogens with zero attached hydrogens (tertiary/aromatic N) is 2. The lowest BCUT2D eigenvalue weighted by Gasteiger charge is -2.52. The SMILES string of the molecule is C[C@@H]1CCC=C2C[C@H]3OC(=O)[C@@H](CN4CCN(c5cccc(Cl)c5)CC4)[C@H]3[C@@H](O)[C@@]21C. The maximum Gasteiger partial charge on any atom is 0.311 e. The predicted molar refractivity (Wildman–Crippen MR) is 122 cm³/mol. The molecule has 1 N–H and O–H groups in total. The van der Waals surface area contributed by atoms with Crippen LogP contribution in [0.4, 0.5) is 5.69 Å². The first-order valence-electron chi connectivity index (χ1n) is 11.7. The van der Waals surface area contributed by atoms with Crippen LogP contribution >= 0.6 is 11.6 Å². The van der Waals surface area contributed by atoms with Gasteiger partial charge < -0.3 is 14.7 Å². The lowest BCUT2D eigenvalue weighted by molar-refractivity contribution is -0.145. The van der Waals surface area contributed by atoms with Crippen LogP contribution in [0.15, 0.2) is 35.9 Å². The number of carbonyl (C=O) groups is 1. The first-order valence-corrected chi connectivity index (χ1v) is 12.1. The molecular formula is C25H33ClN2O3. The normalized spacial score (nSPS) is 38.3. The van der Waals surface area contributed by atoms with Gasteiger partial charge in [0.25, 0.3) is 0 Å². The van der Waals surface area contributed by atoms with Gasteiger partial charge in [-0.2, -0.15) is 0 Å². The topological polar surface area (TPSA) is 53.0 Å². The molecule has 4 aliphatic rings. The van der Waals surface area contributed by atoms with Gasteiger partial charge in [-0.05, 0) is 37.0 Å². The monoisotopic (exact) mass is 444 g/mol. The Balaban J connectivity index is 1.28. The van der Waals surface area contributed by atoms with E-state index in [1.54, 1.807) is 0 Å². The average molecular weight is 445 g/mol. The van der Waals surface area contributed by atoms with Crippen molar-refractivity contribution in [1.82, 2.24) is 4.90 Å². The molecule has 5 nitrogen and oxygen atoms in total. The molecule has 0 aromatic heterocycles. The molecule has 6 atom stereocenters. The van der Waals surface area contributed by atoms with Gasteiger partial charge in [-0.25, -0.2) is 0 Å². The zero-order chi connectivity index (χ0) is 21.8. The molecular weight excluding hydrogens is 412 g/mol. The van der Waals surface area contributed by atoms with Gasteiger partial charge in [0.15, 0.2) is 0 Å².